The monoisotopic (exact) mass is 319 g/mol. The number of rotatable bonds is 5. The normalized spacial score (nSPS) is 22.1. The van der Waals surface area contributed by atoms with Crippen LogP contribution in [0.3, 0.4) is 0 Å². The standard InChI is InChI=1S/C15H17N3OS2/c19-12-4-1-5-13(12)21-15-17-16-14(18(15)10-6-7-10)9-11-3-2-8-20-11/h2-3,8,10,13H,1,4-7,9H2/t13-/m1/s1. The van der Waals surface area contributed by atoms with Gasteiger partial charge in [0.2, 0.25) is 0 Å². The third kappa shape index (κ3) is 2.79. The lowest BCUT2D eigenvalue weighted by Gasteiger charge is -2.10. The molecular weight excluding hydrogens is 302 g/mol. The van der Waals surface area contributed by atoms with E-state index in [1.807, 2.05) is 0 Å². The topological polar surface area (TPSA) is 47.8 Å². The van der Waals surface area contributed by atoms with Crippen LogP contribution in [0.1, 0.15) is 48.8 Å². The lowest BCUT2D eigenvalue weighted by Crippen LogP contribution is -2.11. The molecule has 0 radical (unpaired) electrons. The first kappa shape index (κ1) is 13.5. The quantitative estimate of drug-likeness (QED) is 0.846. The van der Waals surface area contributed by atoms with Crippen LogP contribution in [-0.2, 0) is 11.2 Å². The van der Waals surface area contributed by atoms with E-state index >= 15 is 0 Å². The summed E-state index contributed by atoms with van der Waals surface area (Å²) in [6.07, 6.45) is 6.01. The SMILES string of the molecule is O=C1CCC[C@H]1Sc1nnc(Cc2cccs2)n1C1CC1. The summed E-state index contributed by atoms with van der Waals surface area (Å²) < 4.78 is 2.29. The van der Waals surface area contributed by atoms with Gasteiger partial charge in [-0.05, 0) is 37.1 Å². The van der Waals surface area contributed by atoms with Gasteiger partial charge >= 0.3 is 0 Å². The molecule has 21 heavy (non-hydrogen) atoms. The van der Waals surface area contributed by atoms with E-state index in [2.05, 4.69) is 32.3 Å². The Bertz CT molecular complexity index is 646. The molecule has 0 N–H and O–H groups in total. The van der Waals surface area contributed by atoms with Gasteiger partial charge < -0.3 is 4.57 Å². The zero-order valence-electron chi connectivity index (χ0n) is 11.7. The molecular formula is C15H17N3OS2. The predicted molar refractivity (Wildman–Crippen MR) is 83.9 cm³/mol. The van der Waals surface area contributed by atoms with Crippen molar-refractivity contribution in [1.82, 2.24) is 14.8 Å². The fourth-order valence-corrected chi connectivity index (χ4v) is 4.76. The Morgan fingerprint density at radius 1 is 1.33 bits per heavy atom. The third-order valence-corrected chi connectivity index (χ3v) is 6.20. The molecule has 1 atom stereocenters. The molecule has 0 amide bonds. The first-order valence-electron chi connectivity index (χ1n) is 7.47. The molecule has 0 bridgehead atoms. The maximum Gasteiger partial charge on any atom is 0.192 e. The van der Waals surface area contributed by atoms with Crippen LogP contribution in [0.15, 0.2) is 22.7 Å². The molecule has 2 aliphatic rings. The summed E-state index contributed by atoms with van der Waals surface area (Å²) in [6.45, 7) is 0. The van der Waals surface area contributed by atoms with Crippen LogP contribution in [0.4, 0.5) is 0 Å². The molecule has 2 aromatic rings. The summed E-state index contributed by atoms with van der Waals surface area (Å²) in [7, 11) is 0. The Labute approximate surface area is 132 Å². The second-order valence-corrected chi connectivity index (χ2v) is 7.92. The number of carbonyl (C=O) groups excluding carboxylic acids is 1. The van der Waals surface area contributed by atoms with E-state index in [4.69, 9.17) is 0 Å². The largest absolute Gasteiger partial charge is 0.303 e. The van der Waals surface area contributed by atoms with Gasteiger partial charge in [-0.1, -0.05) is 17.8 Å². The molecule has 2 aliphatic carbocycles. The number of thioether (sulfide) groups is 1. The van der Waals surface area contributed by atoms with Gasteiger partial charge in [-0.3, -0.25) is 4.79 Å². The molecule has 4 rings (SSSR count). The number of nitrogens with zero attached hydrogens (tertiary/aromatic N) is 3. The minimum atomic E-state index is 0.0984. The van der Waals surface area contributed by atoms with Gasteiger partial charge in [-0.25, -0.2) is 0 Å². The van der Waals surface area contributed by atoms with E-state index < -0.39 is 0 Å². The minimum absolute atomic E-state index is 0.0984. The lowest BCUT2D eigenvalue weighted by atomic mass is 10.3. The summed E-state index contributed by atoms with van der Waals surface area (Å²) in [5.41, 5.74) is 0. The third-order valence-electron chi connectivity index (χ3n) is 4.06. The Hall–Kier alpha value is -1.14. The molecule has 4 nitrogen and oxygen atoms in total. The number of carbonyl (C=O) groups is 1. The lowest BCUT2D eigenvalue weighted by molar-refractivity contribution is -0.116. The van der Waals surface area contributed by atoms with Gasteiger partial charge in [-0.15, -0.1) is 21.5 Å². The Balaban J connectivity index is 1.59. The smallest absolute Gasteiger partial charge is 0.192 e. The summed E-state index contributed by atoms with van der Waals surface area (Å²) >= 11 is 3.39. The molecule has 2 heterocycles. The molecule has 6 heteroatoms. The fourth-order valence-electron chi connectivity index (χ4n) is 2.81. The van der Waals surface area contributed by atoms with E-state index in [9.17, 15) is 4.79 Å². The highest BCUT2D eigenvalue weighted by atomic mass is 32.2. The molecule has 0 unspecified atom stereocenters. The van der Waals surface area contributed by atoms with Crippen LogP contribution in [-0.4, -0.2) is 25.8 Å². The van der Waals surface area contributed by atoms with Crippen molar-refractivity contribution in [2.75, 3.05) is 0 Å². The van der Waals surface area contributed by atoms with Crippen LogP contribution in [0.25, 0.3) is 0 Å². The van der Waals surface area contributed by atoms with E-state index in [0.717, 1.165) is 36.7 Å². The maximum absolute atomic E-state index is 11.9. The zero-order chi connectivity index (χ0) is 14.2. The molecule has 0 spiro atoms. The van der Waals surface area contributed by atoms with Crippen LogP contribution in [0.2, 0.25) is 0 Å². The molecule has 0 aliphatic heterocycles. The van der Waals surface area contributed by atoms with E-state index in [-0.39, 0.29) is 5.25 Å². The molecule has 2 aromatic heterocycles. The number of hydrogen-bond acceptors (Lipinski definition) is 5. The van der Waals surface area contributed by atoms with E-state index in [1.54, 1.807) is 23.1 Å². The molecule has 0 saturated heterocycles. The highest BCUT2D eigenvalue weighted by molar-refractivity contribution is 8.00. The van der Waals surface area contributed by atoms with Crippen molar-refractivity contribution in [3.05, 3.63) is 28.2 Å². The number of ketones is 1. The maximum atomic E-state index is 11.9. The van der Waals surface area contributed by atoms with Gasteiger partial charge in [0.25, 0.3) is 0 Å². The highest BCUT2D eigenvalue weighted by Gasteiger charge is 2.33. The van der Waals surface area contributed by atoms with Gasteiger partial charge in [0.15, 0.2) is 5.16 Å². The van der Waals surface area contributed by atoms with Gasteiger partial charge in [0.1, 0.15) is 11.6 Å². The van der Waals surface area contributed by atoms with Crippen LogP contribution in [0, 0.1) is 0 Å². The average Bonchev–Trinajstić information content (AvgIpc) is 2.87. The van der Waals surface area contributed by atoms with Crippen molar-refractivity contribution < 1.29 is 4.79 Å². The summed E-state index contributed by atoms with van der Waals surface area (Å²) in [5, 5.41) is 11.9. The van der Waals surface area contributed by atoms with Crippen LogP contribution < -0.4 is 0 Å². The summed E-state index contributed by atoms with van der Waals surface area (Å²) in [6, 6.07) is 4.77. The van der Waals surface area contributed by atoms with Gasteiger partial charge in [-0.2, -0.15) is 0 Å². The molecule has 110 valence electrons. The van der Waals surface area contributed by atoms with E-state index in [1.165, 1.54) is 17.7 Å². The summed E-state index contributed by atoms with van der Waals surface area (Å²) in [5.74, 6) is 1.43. The molecule has 2 saturated carbocycles. The van der Waals surface area contributed by atoms with Crippen molar-refractivity contribution in [2.24, 2.45) is 0 Å². The zero-order valence-corrected chi connectivity index (χ0v) is 13.3. The Morgan fingerprint density at radius 3 is 2.90 bits per heavy atom. The van der Waals surface area contributed by atoms with Crippen LogP contribution in [0.5, 0.6) is 0 Å². The Kier molecular flexibility index (Phi) is 3.59. The first-order chi connectivity index (χ1) is 10.3. The van der Waals surface area contributed by atoms with Crippen molar-refractivity contribution in [3.8, 4) is 0 Å². The fraction of sp³-hybridized carbons (Fsp3) is 0.533. The first-order valence-corrected chi connectivity index (χ1v) is 9.23. The second kappa shape index (κ2) is 5.57. The van der Waals surface area contributed by atoms with Gasteiger partial charge in [0, 0.05) is 23.8 Å². The number of aromatic nitrogens is 3. The van der Waals surface area contributed by atoms with E-state index in [0.29, 0.717) is 11.8 Å². The summed E-state index contributed by atoms with van der Waals surface area (Å²) in [4.78, 5) is 13.2. The average molecular weight is 319 g/mol. The van der Waals surface area contributed by atoms with Crippen LogP contribution >= 0.6 is 23.1 Å². The highest BCUT2D eigenvalue weighted by Crippen LogP contribution is 2.41. The van der Waals surface area contributed by atoms with Gasteiger partial charge in [0.05, 0.1) is 5.25 Å². The number of hydrogen-bond donors (Lipinski definition) is 0. The van der Waals surface area contributed by atoms with Crippen molar-refractivity contribution >= 4 is 28.9 Å². The van der Waals surface area contributed by atoms with Crippen molar-refractivity contribution in [2.45, 2.75) is 55.0 Å². The van der Waals surface area contributed by atoms with Crippen molar-refractivity contribution in [1.29, 1.82) is 0 Å². The Morgan fingerprint density at radius 2 is 2.24 bits per heavy atom. The van der Waals surface area contributed by atoms with Crippen molar-refractivity contribution in [3.63, 3.8) is 0 Å². The number of thiophene rings is 1. The molecule has 0 aromatic carbocycles. The number of Topliss-reactive ketones (excluding diaryl/α,β-unsaturated/α-hetero) is 1. The second-order valence-electron chi connectivity index (χ2n) is 5.72. The predicted octanol–water partition coefficient (Wildman–Crippen LogP) is 3.48. The molecule has 2 fully saturated rings. The minimum Gasteiger partial charge on any atom is -0.303 e.